The lowest BCUT2D eigenvalue weighted by atomic mass is 10.0. The third-order valence-corrected chi connectivity index (χ3v) is 12.1. The van der Waals surface area contributed by atoms with Crippen molar-refractivity contribution in [1.29, 1.82) is 0 Å². The van der Waals surface area contributed by atoms with Crippen LogP contribution in [0.15, 0.2) is 68.0 Å². The topological polar surface area (TPSA) is 272 Å². The summed E-state index contributed by atoms with van der Waals surface area (Å²) < 4.78 is 10.7. The number of nitrogens with zero attached hydrogens (tertiary/aromatic N) is 10. The SMILES string of the molecule is COC(=O)N[C@H](C(=O)N1CC(N=[N+]=[N-])C[C@H]1c1nc(-c2ccc(-c3ccc(-c4nc([C@@H]5CC(N=[N+]=[N-])CN5C(=O)[C@@H](NC(=O)OC)C(C)C)[nH]c4Br)cc3)cc2)c(Br)[nH]1)C(C)C. The number of ether oxygens (including phenoxy) is 2. The van der Waals surface area contributed by atoms with Crippen molar-refractivity contribution in [2.24, 2.45) is 22.1 Å². The lowest BCUT2D eigenvalue weighted by Gasteiger charge is -2.30. The number of hydrogen-bond donors (Lipinski definition) is 4. The Morgan fingerprint density at radius 3 is 1.32 bits per heavy atom. The van der Waals surface area contributed by atoms with Gasteiger partial charge in [-0.2, -0.15) is 0 Å². The molecule has 4 amide bonds. The minimum absolute atomic E-state index is 0.162. The van der Waals surface area contributed by atoms with Crippen LogP contribution in [-0.2, 0) is 19.1 Å². The lowest BCUT2D eigenvalue weighted by Crippen LogP contribution is -2.51. The Balaban J connectivity index is 1.20. The van der Waals surface area contributed by atoms with Gasteiger partial charge in [0, 0.05) is 34.0 Å². The number of aromatic nitrogens is 4. The summed E-state index contributed by atoms with van der Waals surface area (Å²) in [5, 5.41) is 13.0. The average Bonchev–Trinajstić information content (AvgIpc) is 4.06. The number of nitrogens with one attached hydrogen (secondary N) is 4. The van der Waals surface area contributed by atoms with E-state index in [2.05, 4.69) is 72.5 Å². The molecule has 0 saturated carbocycles. The Bertz CT molecular complexity index is 2230. The molecule has 6 atom stereocenters. The number of carbonyl (C=O) groups is 4. The third kappa shape index (κ3) is 9.83. The Morgan fingerprint density at radius 2 is 1.02 bits per heavy atom. The first kappa shape index (κ1) is 45.4. The molecule has 4 heterocycles. The van der Waals surface area contributed by atoms with Crippen molar-refractivity contribution in [3.8, 4) is 33.6 Å². The molecule has 4 N–H and O–H groups in total. The summed E-state index contributed by atoms with van der Waals surface area (Å²) in [6.45, 7) is 7.61. The fourth-order valence-electron chi connectivity index (χ4n) is 7.78. The first-order valence-electron chi connectivity index (χ1n) is 19.8. The summed E-state index contributed by atoms with van der Waals surface area (Å²) in [6.07, 6.45) is -0.759. The minimum atomic E-state index is -0.867. The van der Waals surface area contributed by atoms with E-state index in [0.29, 0.717) is 45.1 Å². The van der Waals surface area contributed by atoms with Crippen LogP contribution in [0.5, 0.6) is 0 Å². The Labute approximate surface area is 373 Å². The third-order valence-electron chi connectivity index (χ3n) is 11.0. The first-order chi connectivity index (χ1) is 29.7. The summed E-state index contributed by atoms with van der Waals surface area (Å²) in [4.78, 5) is 77.3. The number of hydrogen-bond acceptors (Lipinski definition) is 10. The zero-order chi connectivity index (χ0) is 44.8. The van der Waals surface area contributed by atoms with Gasteiger partial charge in [-0.1, -0.05) is 86.5 Å². The van der Waals surface area contributed by atoms with Crippen LogP contribution in [0.4, 0.5) is 9.59 Å². The fraction of sp³-hybridized carbons (Fsp3) is 0.450. The number of imidazole rings is 2. The quantitative estimate of drug-likeness (QED) is 0.0573. The van der Waals surface area contributed by atoms with E-state index in [4.69, 9.17) is 19.4 Å². The molecule has 2 saturated heterocycles. The summed E-state index contributed by atoms with van der Waals surface area (Å²) >= 11 is 7.23. The largest absolute Gasteiger partial charge is 0.453 e. The van der Waals surface area contributed by atoms with Crippen molar-refractivity contribution in [1.82, 2.24) is 40.4 Å². The number of alkyl carbamates (subject to hydrolysis) is 2. The molecule has 326 valence electrons. The molecule has 0 spiro atoms. The predicted molar refractivity (Wildman–Crippen MR) is 235 cm³/mol. The number of halogens is 2. The van der Waals surface area contributed by atoms with Gasteiger partial charge in [0.15, 0.2) is 0 Å². The number of methoxy groups -OCH3 is 2. The Hall–Kier alpha value is -6.08. The molecular formula is C40H46Br2N14O6. The number of rotatable bonds is 13. The average molecular weight is 979 g/mol. The van der Waals surface area contributed by atoms with Gasteiger partial charge in [0.05, 0.1) is 38.4 Å². The smallest absolute Gasteiger partial charge is 0.407 e. The summed E-state index contributed by atoms with van der Waals surface area (Å²) in [7, 11) is 2.47. The van der Waals surface area contributed by atoms with Gasteiger partial charge in [-0.3, -0.25) is 9.59 Å². The molecule has 2 aromatic carbocycles. The summed E-state index contributed by atoms with van der Waals surface area (Å²) in [6, 6.07) is 11.9. The molecule has 0 aliphatic carbocycles. The van der Waals surface area contributed by atoms with Gasteiger partial charge in [0.25, 0.3) is 0 Å². The van der Waals surface area contributed by atoms with E-state index >= 15 is 0 Å². The van der Waals surface area contributed by atoms with Crippen LogP contribution in [0.3, 0.4) is 0 Å². The molecule has 62 heavy (non-hydrogen) atoms. The molecule has 4 aromatic rings. The van der Waals surface area contributed by atoms with Gasteiger partial charge in [-0.25, -0.2) is 19.6 Å². The van der Waals surface area contributed by atoms with Gasteiger partial charge in [-0.15, -0.1) is 0 Å². The van der Waals surface area contributed by atoms with Crippen LogP contribution in [-0.4, -0.2) is 105 Å². The van der Waals surface area contributed by atoms with Crippen LogP contribution < -0.4 is 10.6 Å². The van der Waals surface area contributed by atoms with Gasteiger partial charge in [-0.05, 0) is 78.7 Å². The van der Waals surface area contributed by atoms with Crippen LogP contribution in [0.25, 0.3) is 54.5 Å². The fourth-order valence-corrected chi connectivity index (χ4v) is 8.82. The van der Waals surface area contributed by atoms with Crippen LogP contribution in [0, 0.1) is 11.8 Å². The number of H-pyrrole nitrogens is 2. The van der Waals surface area contributed by atoms with Crippen molar-refractivity contribution in [2.45, 2.75) is 76.8 Å². The molecule has 2 aliphatic heterocycles. The highest BCUT2D eigenvalue weighted by molar-refractivity contribution is 9.10. The predicted octanol–water partition coefficient (Wildman–Crippen LogP) is 8.32. The lowest BCUT2D eigenvalue weighted by molar-refractivity contribution is -0.136. The van der Waals surface area contributed by atoms with Gasteiger partial charge in [0.2, 0.25) is 11.8 Å². The number of azide groups is 2. The maximum absolute atomic E-state index is 13.8. The number of likely N-dealkylation sites (tertiary alicyclic amines) is 2. The molecule has 2 aliphatic rings. The van der Waals surface area contributed by atoms with E-state index in [1.54, 1.807) is 9.80 Å². The highest BCUT2D eigenvalue weighted by atomic mass is 79.9. The second kappa shape index (κ2) is 19.7. The van der Waals surface area contributed by atoms with Crippen LogP contribution in [0.2, 0.25) is 0 Å². The molecular weight excluding hydrogens is 932 g/mol. The molecule has 6 rings (SSSR count). The second-order valence-electron chi connectivity index (χ2n) is 15.6. The normalized spacial score (nSPS) is 19.4. The maximum atomic E-state index is 13.8. The summed E-state index contributed by atoms with van der Waals surface area (Å²) in [5.41, 5.74) is 23.1. The zero-order valence-electron chi connectivity index (χ0n) is 34.7. The Kier molecular flexibility index (Phi) is 14.5. The van der Waals surface area contributed by atoms with Gasteiger partial charge >= 0.3 is 12.2 Å². The van der Waals surface area contributed by atoms with E-state index in [-0.39, 0.29) is 36.7 Å². The molecule has 0 radical (unpaired) electrons. The van der Waals surface area contributed by atoms with Crippen molar-refractivity contribution in [2.75, 3.05) is 27.3 Å². The number of amides is 4. The van der Waals surface area contributed by atoms with E-state index in [9.17, 15) is 30.2 Å². The zero-order valence-corrected chi connectivity index (χ0v) is 37.9. The number of benzene rings is 2. The highest BCUT2D eigenvalue weighted by Crippen LogP contribution is 2.39. The molecule has 2 fully saturated rings. The number of aromatic amines is 2. The van der Waals surface area contributed by atoms with Crippen molar-refractivity contribution in [3.63, 3.8) is 0 Å². The molecule has 20 nitrogen and oxygen atoms in total. The highest BCUT2D eigenvalue weighted by Gasteiger charge is 2.43. The van der Waals surface area contributed by atoms with Crippen LogP contribution >= 0.6 is 31.9 Å². The number of carbonyl (C=O) groups excluding carboxylic acids is 4. The van der Waals surface area contributed by atoms with Crippen molar-refractivity contribution in [3.05, 3.63) is 90.3 Å². The van der Waals surface area contributed by atoms with E-state index in [0.717, 1.165) is 22.3 Å². The van der Waals surface area contributed by atoms with E-state index < -0.39 is 48.4 Å². The maximum Gasteiger partial charge on any atom is 0.407 e. The minimum Gasteiger partial charge on any atom is -0.453 e. The first-order valence-corrected chi connectivity index (χ1v) is 21.4. The Morgan fingerprint density at radius 1 is 0.677 bits per heavy atom. The molecule has 22 heteroatoms. The molecule has 0 bridgehead atoms. The van der Waals surface area contributed by atoms with E-state index in [1.807, 2.05) is 76.2 Å². The van der Waals surface area contributed by atoms with Crippen molar-refractivity contribution < 1.29 is 28.7 Å². The van der Waals surface area contributed by atoms with Gasteiger partial charge < -0.3 is 39.9 Å². The van der Waals surface area contributed by atoms with Gasteiger partial charge in [0.1, 0.15) is 44.3 Å². The standard InChI is InChI=1S/C40H46Br2N14O6/c1-19(2)29(47-39(59)61-5)37(57)55-17-25(51-53-43)15-27(55)35-45-31(33(41)49-35)23-11-7-21(8-12-23)22-9-13-24(14-10-22)32-34(42)50-36(46-32)28-16-26(52-54-44)18-56(28)38(58)30(20(3)4)48-40(60)62-6/h7-14,19-20,25-30H,15-18H2,1-6H3,(H,45,49)(H,46,50)(H,47,59)(H,48,60)/t25?,26?,27-,28-,29-,30-/m0/s1. The summed E-state index contributed by atoms with van der Waals surface area (Å²) in [5.74, 6) is -0.165. The van der Waals surface area contributed by atoms with Crippen LogP contribution in [0.1, 0.15) is 64.3 Å². The van der Waals surface area contributed by atoms with Crippen molar-refractivity contribution >= 4 is 55.9 Å². The molecule has 2 unspecified atom stereocenters. The van der Waals surface area contributed by atoms with E-state index in [1.165, 1.54) is 14.2 Å². The second-order valence-corrected chi connectivity index (χ2v) is 17.2. The monoisotopic (exact) mass is 976 g/mol. The molecule has 2 aromatic heterocycles.